The van der Waals surface area contributed by atoms with E-state index in [0.29, 0.717) is 5.56 Å². The van der Waals surface area contributed by atoms with Crippen molar-refractivity contribution < 1.29 is 54.4 Å². The maximum atomic E-state index is 12.8. The number of aromatic hydroxyl groups is 3. The Morgan fingerprint density at radius 1 is 0.941 bits per heavy atom. The highest BCUT2D eigenvalue weighted by Crippen LogP contribution is 2.42. The van der Waals surface area contributed by atoms with Gasteiger partial charge in [0.05, 0.1) is 13.7 Å². The van der Waals surface area contributed by atoms with Crippen molar-refractivity contribution in [1.82, 2.24) is 0 Å². The van der Waals surface area contributed by atoms with Gasteiger partial charge < -0.3 is 54.4 Å². The summed E-state index contributed by atoms with van der Waals surface area (Å²) in [6.07, 6.45) is -8.19. The molecule has 0 amide bonds. The molecule has 1 aliphatic rings. The topological polar surface area (TPSA) is 200 Å². The average Bonchev–Trinajstić information content (AvgIpc) is 2.81. The van der Waals surface area contributed by atoms with E-state index in [2.05, 4.69) is 0 Å². The van der Waals surface area contributed by atoms with Gasteiger partial charge in [0, 0.05) is 17.7 Å². The van der Waals surface area contributed by atoms with Crippen LogP contribution in [0.4, 0.5) is 0 Å². The number of benzene rings is 2. The van der Waals surface area contributed by atoms with Gasteiger partial charge in [-0.05, 0) is 18.2 Å². The summed E-state index contributed by atoms with van der Waals surface area (Å²) in [7, 11) is 1.33. The van der Waals surface area contributed by atoms with Crippen molar-refractivity contribution in [3.05, 3.63) is 40.6 Å². The van der Waals surface area contributed by atoms with E-state index < -0.39 is 65.6 Å². The van der Waals surface area contributed by atoms with Gasteiger partial charge in [-0.3, -0.25) is 4.79 Å². The Kier molecular flexibility index (Phi) is 6.25. The van der Waals surface area contributed by atoms with Gasteiger partial charge in [0.2, 0.25) is 12.0 Å². The van der Waals surface area contributed by atoms with Crippen LogP contribution in [0.1, 0.15) is 0 Å². The summed E-state index contributed by atoms with van der Waals surface area (Å²) >= 11 is 0. The molecule has 1 aliphatic heterocycles. The highest BCUT2D eigenvalue weighted by atomic mass is 16.7. The van der Waals surface area contributed by atoms with Gasteiger partial charge in [-0.1, -0.05) is 0 Å². The minimum Gasteiger partial charge on any atom is -0.507 e. The molecule has 2 heterocycles. The molecule has 12 nitrogen and oxygen atoms in total. The lowest BCUT2D eigenvalue weighted by Gasteiger charge is -2.39. The molecule has 0 bridgehead atoms. The molecule has 1 aromatic heterocycles. The second kappa shape index (κ2) is 9.00. The van der Waals surface area contributed by atoms with E-state index in [1.165, 1.54) is 25.3 Å². The van der Waals surface area contributed by atoms with Crippen molar-refractivity contribution in [3.63, 3.8) is 0 Å². The van der Waals surface area contributed by atoms with Gasteiger partial charge in [0.15, 0.2) is 28.3 Å². The molecule has 12 heteroatoms. The molecule has 0 saturated carbocycles. The van der Waals surface area contributed by atoms with Crippen molar-refractivity contribution in [2.24, 2.45) is 0 Å². The van der Waals surface area contributed by atoms with E-state index >= 15 is 0 Å². The number of phenols is 3. The van der Waals surface area contributed by atoms with Crippen LogP contribution in [0.25, 0.3) is 22.3 Å². The predicted octanol–water partition coefficient (Wildman–Crippen LogP) is -0.236. The van der Waals surface area contributed by atoms with Gasteiger partial charge in [0.1, 0.15) is 41.3 Å². The first-order chi connectivity index (χ1) is 16.2. The number of aliphatic hydroxyl groups is 4. The summed E-state index contributed by atoms with van der Waals surface area (Å²) in [6.45, 7) is -0.713. The van der Waals surface area contributed by atoms with Crippen LogP contribution in [0, 0.1) is 0 Å². The third-order valence-electron chi connectivity index (χ3n) is 5.46. The number of rotatable bonds is 5. The van der Waals surface area contributed by atoms with Gasteiger partial charge in [-0.2, -0.15) is 0 Å². The number of hydrogen-bond acceptors (Lipinski definition) is 12. The number of hydrogen-bond donors (Lipinski definition) is 7. The van der Waals surface area contributed by atoms with Gasteiger partial charge in [-0.25, -0.2) is 0 Å². The number of fused-ring (bicyclic) bond motifs is 1. The molecular formula is C22H22O12. The molecule has 0 spiro atoms. The van der Waals surface area contributed by atoms with Crippen molar-refractivity contribution in [3.8, 4) is 40.1 Å². The standard InChI is InChI=1S/C22H22O12/c1-31-14-4-8(2-3-9(14)24)13-6-11(26)16-10(25)5-12(27)20(21(16)32-13)34-22-19(30)18(29)17(28)15(7-23)33-22/h2-6,15,17-19,22-25,27-30H,7H2,1H3. The fourth-order valence-corrected chi connectivity index (χ4v) is 3.65. The molecule has 0 aliphatic carbocycles. The normalized spacial score (nSPS) is 24.8. The monoisotopic (exact) mass is 478 g/mol. The second-order valence-corrected chi connectivity index (χ2v) is 7.62. The van der Waals surface area contributed by atoms with E-state index in [-0.39, 0.29) is 22.6 Å². The molecule has 5 unspecified atom stereocenters. The Bertz CT molecular complexity index is 1270. The zero-order chi connectivity index (χ0) is 24.7. The largest absolute Gasteiger partial charge is 0.507 e. The quantitative estimate of drug-likeness (QED) is 0.254. The smallest absolute Gasteiger partial charge is 0.229 e. The summed E-state index contributed by atoms with van der Waals surface area (Å²) in [5.74, 6) is -1.92. The SMILES string of the molecule is COc1cc(-c2cc(=O)c3c(O)cc(O)c(OC4OC(CO)C(O)C(O)C4O)c3o2)ccc1O. The van der Waals surface area contributed by atoms with Crippen molar-refractivity contribution in [2.45, 2.75) is 30.7 Å². The lowest BCUT2D eigenvalue weighted by atomic mass is 9.99. The van der Waals surface area contributed by atoms with Crippen LogP contribution in [-0.4, -0.2) is 80.2 Å². The Morgan fingerprint density at radius 3 is 2.35 bits per heavy atom. The fraction of sp³-hybridized carbons (Fsp3) is 0.318. The number of aliphatic hydroxyl groups excluding tert-OH is 4. The number of ether oxygens (including phenoxy) is 3. The molecule has 7 N–H and O–H groups in total. The Balaban J connectivity index is 1.85. The van der Waals surface area contributed by atoms with Crippen LogP contribution >= 0.6 is 0 Å². The molecule has 182 valence electrons. The maximum Gasteiger partial charge on any atom is 0.229 e. The lowest BCUT2D eigenvalue weighted by Crippen LogP contribution is -2.60. The van der Waals surface area contributed by atoms with Gasteiger partial charge in [0.25, 0.3) is 0 Å². The van der Waals surface area contributed by atoms with Crippen LogP contribution in [-0.2, 0) is 4.74 Å². The average molecular weight is 478 g/mol. The molecule has 1 fully saturated rings. The molecular weight excluding hydrogens is 456 g/mol. The van der Waals surface area contributed by atoms with Crippen LogP contribution in [0.3, 0.4) is 0 Å². The van der Waals surface area contributed by atoms with Crippen LogP contribution in [0.5, 0.6) is 28.7 Å². The summed E-state index contributed by atoms with van der Waals surface area (Å²) in [5, 5.41) is 69.7. The summed E-state index contributed by atoms with van der Waals surface area (Å²) in [4.78, 5) is 12.8. The Morgan fingerprint density at radius 2 is 1.68 bits per heavy atom. The molecule has 2 aromatic carbocycles. The molecule has 34 heavy (non-hydrogen) atoms. The predicted molar refractivity (Wildman–Crippen MR) is 114 cm³/mol. The summed E-state index contributed by atoms with van der Waals surface area (Å²) < 4.78 is 21.6. The zero-order valence-electron chi connectivity index (χ0n) is 17.7. The lowest BCUT2D eigenvalue weighted by molar-refractivity contribution is -0.277. The maximum absolute atomic E-state index is 12.8. The first-order valence-electron chi connectivity index (χ1n) is 10.0. The molecule has 1 saturated heterocycles. The van der Waals surface area contributed by atoms with E-state index in [1.54, 1.807) is 0 Å². The van der Waals surface area contributed by atoms with Crippen molar-refractivity contribution >= 4 is 11.0 Å². The van der Waals surface area contributed by atoms with E-state index in [1.807, 2.05) is 0 Å². The highest BCUT2D eigenvalue weighted by molar-refractivity contribution is 5.91. The molecule has 0 radical (unpaired) electrons. The van der Waals surface area contributed by atoms with E-state index in [9.17, 15) is 40.5 Å². The Hall–Kier alpha value is -3.55. The summed E-state index contributed by atoms with van der Waals surface area (Å²) in [6, 6.07) is 6.02. The number of phenolic OH excluding ortho intramolecular Hbond substituents is 3. The van der Waals surface area contributed by atoms with E-state index in [4.69, 9.17) is 18.6 Å². The van der Waals surface area contributed by atoms with Gasteiger partial charge >= 0.3 is 0 Å². The van der Waals surface area contributed by atoms with Crippen molar-refractivity contribution in [2.75, 3.05) is 13.7 Å². The summed E-state index contributed by atoms with van der Waals surface area (Å²) in [5.41, 5.74) is -0.821. The first-order valence-corrected chi connectivity index (χ1v) is 10.0. The Labute approximate surface area is 191 Å². The zero-order valence-corrected chi connectivity index (χ0v) is 17.7. The molecule has 5 atom stereocenters. The minimum atomic E-state index is -1.81. The number of methoxy groups -OCH3 is 1. The van der Waals surface area contributed by atoms with Crippen molar-refractivity contribution in [1.29, 1.82) is 0 Å². The highest BCUT2D eigenvalue weighted by Gasteiger charge is 2.45. The molecule has 3 aromatic rings. The fourth-order valence-electron chi connectivity index (χ4n) is 3.65. The third kappa shape index (κ3) is 3.97. The second-order valence-electron chi connectivity index (χ2n) is 7.62. The van der Waals surface area contributed by atoms with Gasteiger partial charge in [-0.15, -0.1) is 0 Å². The third-order valence-corrected chi connectivity index (χ3v) is 5.46. The van der Waals surface area contributed by atoms with Crippen LogP contribution in [0.2, 0.25) is 0 Å². The van der Waals surface area contributed by atoms with Crippen LogP contribution in [0.15, 0.2) is 39.5 Å². The minimum absolute atomic E-state index is 0.0422. The van der Waals surface area contributed by atoms with Crippen LogP contribution < -0.4 is 14.9 Å². The molecule has 4 rings (SSSR count). The van der Waals surface area contributed by atoms with E-state index in [0.717, 1.165) is 12.1 Å². The first kappa shape index (κ1) is 23.6.